The lowest BCUT2D eigenvalue weighted by Crippen LogP contribution is -2.06. The van der Waals surface area contributed by atoms with Crippen LogP contribution < -0.4 is 0 Å². The maximum absolute atomic E-state index is 11.1. The number of nitriles is 1. The number of Topliss-reactive ketones (excluding diaryl/α,β-unsaturated/α-hetero) is 1. The van der Waals surface area contributed by atoms with Crippen LogP contribution in [0.15, 0.2) is 6.07 Å². The topological polar surface area (TPSA) is 96.9 Å². The zero-order valence-electron chi connectivity index (χ0n) is 8.14. The van der Waals surface area contributed by atoms with Crippen molar-refractivity contribution in [3.8, 4) is 6.07 Å². The molecule has 1 rings (SSSR count). The average molecular weight is 205 g/mol. The number of nitrogens with zero attached hydrogens (tertiary/aromatic N) is 3. The van der Waals surface area contributed by atoms with Crippen LogP contribution in [0.5, 0.6) is 0 Å². The summed E-state index contributed by atoms with van der Waals surface area (Å²) >= 11 is 0. The van der Waals surface area contributed by atoms with Gasteiger partial charge in [0.25, 0.3) is 5.69 Å². The monoisotopic (exact) mass is 205 g/mol. The van der Waals surface area contributed by atoms with Crippen molar-refractivity contribution < 1.29 is 9.72 Å². The molecule has 0 atom stereocenters. The molecule has 0 spiro atoms. The van der Waals surface area contributed by atoms with E-state index in [1.54, 1.807) is 6.07 Å². The van der Waals surface area contributed by atoms with Gasteiger partial charge in [0, 0.05) is 13.0 Å². The van der Waals surface area contributed by atoms with Crippen molar-refractivity contribution in [1.82, 2.24) is 4.98 Å². The van der Waals surface area contributed by atoms with Crippen LogP contribution >= 0.6 is 0 Å². The zero-order chi connectivity index (χ0) is 11.6. The van der Waals surface area contributed by atoms with Crippen LogP contribution in [0.25, 0.3) is 0 Å². The second-order valence-corrected chi connectivity index (χ2v) is 2.95. The van der Waals surface area contributed by atoms with Gasteiger partial charge in [0.05, 0.1) is 4.92 Å². The summed E-state index contributed by atoms with van der Waals surface area (Å²) in [6.07, 6.45) is 0. The molecule has 0 aliphatic carbocycles. The van der Waals surface area contributed by atoms with Crippen LogP contribution in [0.4, 0.5) is 5.69 Å². The Kier molecular flexibility index (Phi) is 2.76. The molecule has 0 N–H and O–H groups in total. The highest BCUT2D eigenvalue weighted by molar-refractivity contribution is 5.96. The zero-order valence-corrected chi connectivity index (χ0v) is 8.14. The molecule has 1 heterocycles. The molecular formula is C9H7N3O3. The van der Waals surface area contributed by atoms with E-state index in [9.17, 15) is 14.9 Å². The fraction of sp³-hybridized carbons (Fsp3) is 0.222. The van der Waals surface area contributed by atoms with E-state index in [1.807, 2.05) is 0 Å². The van der Waals surface area contributed by atoms with Gasteiger partial charge in [-0.2, -0.15) is 5.26 Å². The molecule has 1 aromatic heterocycles. The number of pyridine rings is 1. The van der Waals surface area contributed by atoms with Crippen molar-refractivity contribution in [2.45, 2.75) is 13.8 Å². The third kappa shape index (κ3) is 1.96. The Labute approximate surface area is 85.3 Å². The fourth-order valence-electron chi connectivity index (χ4n) is 1.11. The first-order valence-electron chi connectivity index (χ1n) is 4.04. The molecule has 1 aromatic rings. The van der Waals surface area contributed by atoms with E-state index in [-0.39, 0.29) is 17.1 Å². The van der Waals surface area contributed by atoms with Crippen molar-refractivity contribution in [2.24, 2.45) is 0 Å². The molecule has 6 nitrogen and oxygen atoms in total. The number of ketones is 1. The SMILES string of the molecule is CC(=O)c1nc(C#N)c(C)cc1[N+](=O)[O-]. The lowest BCUT2D eigenvalue weighted by Gasteiger charge is -2.01. The average Bonchev–Trinajstić information content (AvgIpc) is 2.16. The van der Waals surface area contributed by atoms with Gasteiger partial charge in [0.1, 0.15) is 11.8 Å². The Balaban J connectivity index is 3.54. The fourth-order valence-corrected chi connectivity index (χ4v) is 1.11. The quantitative estimate of drug-likeness (QED) is 0.412. The smallest absolute Gasteiger partial charge is 0.292 e. The molecule has 76 valence electrons. The van der Waals surface area contributed by atoms with Crippen molar-refractivity contribution in [2.75, 3.05) is 0 Å². The highest BCUT2D eigenvalue weighted by Crippen LogP contribution is 2.20. The summed E-state index contributed by atoms with van der Waals surface area (Å²) in [5, 5.41) is 19.3. The summed E-state index contributed by atoms with van der Waals surface area (Å²) in [4.78, 5) is 24.7. The van der Waals surface area contributed by atoms with Crippen molar-refractivity contribution >= 4 is 11.5 Å². The van der Waals surface area contributed by atoms with Crippen LogP contribution in [-0.4, -0.2) is 15.7 Å². The molecule has 6 heteroatoms. The number of rotatable bonds is 2. The van der Waals surface area contributed by atoms with Gasteiger partial charge >= 0.3 is 0 Å². The molecule has 0 unspecified atom stereocenters. The summed E-state index contributed by atoms with van der Waals surface area (Å²) in [6, 6.07) is 2.95. The van der Waals surface area contributed by atoms with Gasteiger partial charge in [-0.1, -0.05) is 0 Å². The van der Waals surface area contributed by atoms with Crippen molar-refractivity contribution in [3.05, 3.63) is 33.1 Å². The van der Waals surface area contributed by atoms with Gasteiger partial charge < -0.3 is 0 Å². The predicted octanol–water partition coefficient (Wildman–Crippen LogP) is 1.37. The predicted molar refractivity (Wildman–Crippen MR) is 50.3 cm³/mol. The largest absolute Gasteiger partial charge is 0.298 e. The molecule has 0 amide bonds. The van der Waals surface area contributed by atoms with Gasteiger partial charge in [-0.25, -0.2) is 4.98 Å². The molecule has 0 saturated carbocycles. The van der Waals surface area contributed by atoms with Gasteiger partial charge in [0.15, 0.2) is 11.5 Å². The molecule has 0 fully saturated rings. The molecule has 0 aliphatic rings. The standard InChI is InChI=1S/C9H7N3O3/c1-5-3-8(12(14)15)9(6(2)13)11-7(5)4-10/h3H,1-2H3. The molecule has 0 bridgehead atoms. The molecule has 0 aromatic carbocycles. The highest BCUT2D eigenvalue weighted by Gasteiger charge is 2.21. The van der Waals surface area contributed by atoms with E-state index in [2.05, 4.69) is 4.98 Å². The van der Waals surface area contributed by atoms with E-state index < -0.39 is 10.7 Å². The van der Waals surface area contributed by atoms with E-state index in [0.29, 0.717) is 5.56 Å². The Morgan fingerprint density at radius 2 is 2.27 bits per heavy atom. The molecule has 0 aliphatic heterocycles. The third-order valence-electron chi connectivity index (χ3n) is 1.83. The maximum Gasteiger partial charge on any atom is 0.298 e. The van der Waals surface area contributed by atoms with Crippen LogP contribution in [0.3, 0.4) is 0 Å². The molecule has 0 saturated heterocycles. The van der Waals surface area contributed by atoms with E-state index in [0.717, 1.165) is 0 Å². The second-order valence-electron chi connectivity index (χ2n) is 2.95. The number of aryl methyl sites for hydroxylation is 1. The van der Waals surface area contributed by atoms with Gasteiger partial charge in [-0.3, -0.25) is 14.9 Å². The Morgan fingerprint density at radius 3 is 2.67 bits per heavy atom. The number of hydrogen-bond acceptors (Lipinski definition) is 5. The van der Waals surface area contributed by atoms with Gasteiger partial charge in [-0.05, 0) is 12.5 Å². The van der Waals surface area contributed by atoms with Crippen molar-refractivity contribution in [1.29, 1.82) is 5.26 Å². The van der Waals surface area contributed by atoms with Crippen LogP contribution in [0.1, 0.15) is 28.7 Å². The number of carbonyl (C=O) groups is 1. The van der Waals surface area contributed by atoms with E-state index in [1.165, 1.54) is 19.9 Å². The Hall–Kier alpha value is -2.29. The molecular weight excluding hydrogens is 198 g/mol. The first-order valence-corrected chi connectivity index (χ1v) is 4.04. The number of carbonyl (C=O) groups excluding carboxylic acids is 1. The first kappa shape index (κ1) is 10.8. The third-order valence-corrected chi connectivity index (χ3v) is 1.83. The number of nitro groups is 1. The summed E-state index contributed by atoms with van der Waals surface area (Å²) < 4.78 is 0. The van der Waals surface area contributed by atoms with Crippen LogP contribution in [0.2, 0.25) is 0 Å². The van der Waals surface area contributed by atoms with E-state index >= 15 is 0 Å². The summed E-state index contributed by atoms with van der Waals surface area (Å²) in [5.74, 6) is -0.529. The summed E-state index contributed by atoms with van der Waals surface area (Å²) in [7, 11) is 0. The van der Waals surface area contributed by atoms with Gasteiger partial charge in [-0.15, -0.1) is 0 Å². The van der Waals surface area contributed by atoms with Gasteiger partial charge in [0.2, 0.25) is 0 Å². The minimum atomic E-state index is -0.683. The molecule has 0 radical (unpaired) electrons. The summed E-state index contributed by atoms with van der Waals surface area (Å²) in [5.41, 5.74) is -0.221. The lowest BCUT2D eigenvalue weighted by atomic mass is 10.1. The van der Waals surface area contributed by atoms with E-state index in [4.69, 9.17) is 5.26 Å². The minimum absolute atomic E-state index is 0.0331. The summed E-state index contributed by atoms with van der Waals surface area (Å²) in [6.45, 7) is 2.70. The second kappa shape index (κ2) is 3.84. The van der Waals surface area contributed by atoms with Crippen LogP contribution in [0, 0.1) is 28.4 Å². The minimum Gasteiger partial charge on any atom is -0.292 e. The molecule has 15 heavy (non-hydrogen) atoms. The number of aromatic nitrogens is 1. The lowest BCUT2D eigenvalue weighted by molar-refractivity contribution is -0.385. The van der Waals surface area contributed by atoms with Crippen LogP contribution in [-0.2, 0) is 0 Å². The maximum atomic E-state index is 11.1. The number of hydrogen-bond donors (Lipinski definition) is 0. The highest BCUT2D eigenvalue weighted by atomic mass is 16.6. The first-order chi connectivity index (χ1) is 6.97. The Bertz CT molecular complexity index is 488. The Morgan fingerprint density at radius 1 is 1.67 bits per heavy atom. The van der Waals surface area contributed by atoms with Crippen molar-refractivity contribution in [3.63, 3.8) is 0 Å². The normalized spacial score (nSPS) is 9.40.